The molecule has 108 valence electrons. The van der Waals surface area contributed by atoms with E-state index in [-0.39, 0.29) is 17.2 Å². The first kappa shape index (κ1) is 14.5. The van der Waals surface area contributed by atoms with Gasteiger partial charge in [-0.05, 0) is 36.8 Å². The zero-order valence-electron chi connectivity index (χ0n) is 11.6. The maximum Gasteiger partial charge on any atom is 0.335 e. The van der Waals surface area contributed by atoms with Crippen LogP contribution in [0.3, 0.4) is 0 Å². The number of amides is 1. The van der Waals surface area contributed by atoms with Gasteiger partial charge in [0.05, 0.1) is 5.56 Å². The van der Waals surface area contributed by atoms with Crippen LogP contribution in [0.25, 0.3) is 0 Å². The molecule has 1 amide bonds. The summed E-state index contributed by atoms with van der Waals surface area (Å²) in [4.78, 5) is 26.8. The van der Waals surface area contributed by atoms with E-state index in [9.17, 15) is 9.59 Å². The number of rotatable bonds is 4. The summed E-state index contributed by atoms with van der Waals surface area (Å²) in [7, 11) is 0. The van der Waals surface area contributed by atoms with Crippen molar-refractivity contribution in [1.29, 1.82) is 0 Å². The Morgan fingerprint density at radius 2 is 2.25 bits per heavy atom. The predicted molar refractivity (Wildman–Crippen MR) is 74.7 cm³/mol. The van der Waals surface area contributed by atoms with E-state index in [0.717, 1.165) is 18.8 Å². The minimum absolute atomic E-state index is 0.0800. The van der Waals surface area contributed by atoms with Crippen LogP contribution in [0.2, 0.25) is 0 Å². The Labute approximate surface area is 118 Å². The number of carboxylic acids is 1. The van der Waals surface area contributed by atoms with Crippen LogP contribution in [-0.4, -0.2) is 28.5 Å². The maximum absolute atomic E-state index is 12.0. The van der Waals surface area contributed by atoms with Crippen molar-refractivity contribution in [3.63, 3.8) is 0 Å². The van der Waals surface area contributed by atoms with E-state index in [2.05, 4.69) is 17.2 Å². The average molecular weight is 276 g/mol. The summed E-state index contributed by atoms with van der Waals surface area (Å²) in [5.74, 6) is -0.113. The molecule has 1 heterocycles. The molecule has 20 heavy (non-hydrogen) atoms. The van der Waals surface area contributed by atoms with Crippen molar-refractivity contribution in [2.24, 2.45) is 11.8 Å². The van der Waals surface area contributed by atoms with Gasteiger partial charge in [0, 0.05) is 12.7 Å². The van der Waals surface area contributed by atoms with Crippen LogP contribution in [0.15, 0.2) is 18.3 Å². The highest BCUT2D eigenvalue weighted by Crippen LogP contribution is 2.27. The molecule has 1 aromatic rings. The molecule has 1 saturated carbocycles. The number of nitrogens with zero attached hydrogens (tertiary/aromatic N) is 1. The highest BCUT2D eigenvalue weighted by Gasteiger charge is 2.20. The summed E-state index contributed by atoms with van der Waals surface area (Å²) < 4.78 is 0. The molecule has 5 nitrogen and oxygen atoms in total. The SMILES string of the molecule is CC1CCCC(CNC(=O)c2cc(C(=O)O)ccn2)C1. The van der Waals surface area contributed by atoms with Crippen molar-refractivity contribution >= 4 is 11.9 Å². The fraction of sp³-hybridized carbons (Fsp3) is 0.533. The summed E-state index contributed by atoms with van der Waals surface area (Å²) in [5.41, 5.74) is 0.241. The molecule has 2 N–H and O–H groups in total. The van der Waals surface area contributed by atoms with E-state index in [1.807, 2.05) is 0 Å². The molecule has 0 aliphatic heterocycles. The van der Waals surface area contributed by atoms with E-state index in [1.54, 1.807) is 0 Å². The number of pyridine rings is 1. The van der Waals surface area contributed by atoms with Gasteiger partial charge in [0.15, 0.2) is 0 Å². The van der Waals surface area contributed by atoms with Crippen molar-refractivity contribution in [2.75, 3.05) is 6.54 Å². The van der Waals surface area contributed by atoms with Gasteiger partial charge in [0.25, 0.3) is 5.91 Å². The number of nitrogens with one attached hydrogen (secondary N) is 1. The second-order valence-electron chi connectivity index (χ2n) is 5.58. The number of carbonyl (C=O) groups is 2. The fourth-order valence-corrected chi connectivity index (χ4v) is 2.76. The number of hydrogen-bond donors (Lipinski definition) is 2. The van der Waals surface area contributed by atoms with Crippen LogP contribution < -0.4 is 5.32 Å². The monoisotopic (exact) mass is 276 g/mol. The second-order valence-corrected chi connectivity index (χ2v) is 5.58. The molecular weight excluding hydrogens is 256 g/mol. The Bertz CT molecular complexity index is 502. The van der Waals surface area contributed by atoms with Crippen LogP contribution in [0.1, 0.15) is 53.5 Å². The van der Waals surface area contributed by atoms with Gasteiger partial charge in [0.2, 0.25) is 0 Å². The van der Waals surface area contributed by atoms with Crippen LogP contribution in [0, 0.1) is 11.8 Å². The molecule has 1 aliphatic carbocycles. The third-order valence-corrected chi connectivity index (χ3v) is 3.84. The highest BCUT2D eigenvalue weighted by molar-refractivity contribution is 5.95. The summed E-state index contributed by atoms with van der Waals surface area (Å²) in [6, 6.07) is 2.68. The summed E-state index contributed by atoms with van der Waals surface area (Å²) in [6.45, 7) is 2.88. The van der Waals surface area contributed by atoms with Gasteiger partial charge in [-0.1, -0.05) is 19.8 Å². The third kappa shape index (κ3) is 3.79. The Balaban J connectivity index is 1.91. The molecule has 5 heteroatoms. The van der Waals surface area contributed by atoms with Gasteiger partial charge in [0.1, 0.15) is 5.69 Å². The van der Waals surface area contributed by atoms with Crippen molar-refractivity contribution < 1.29 is 14.7 Å². The van der Waals surface area contributed by atoms with Gasteiger partial charge >= 0.3 is 5.97 Å². The zero-order valence-corrected chi connectivity index (χ0v) is 11.6. The van der Waals surface area contributed by atoms with Crippen molar-refractivity contribution in [3.05, 3.63) is 29.6 Å². The van der Waals surface area contributed by atoms with E-state index >= 15 is 0 Å². The first-order valence-electron chi connectivity index (χ1n) is 7.04. The third-order valence-electron chi connectivity index (χ3n) is 3.84. The van der Waals surface area contributed by atoms with Crippen molar-refractivity contribution in [3.8, 4) is 0 Å². The summed E-state index contributed by atoms with van der Waals surface area (Å²) in [6.07, 6.45) is 6.12. The topological polar surface area (TPSA) is 79.3 Å². The molecule has 1 fully saturated rings. The summed E-state index contributed by atoms with van der Waals surface area (Å²) >= 11 is 0. The molecule has 2 unspecified atom stereocenters. The lowest BCUT2D eigenvalue weighted by atomic mass is 9.82. The minimum Gasteiger partial charge on any atom is -0.478 e. The molecule has 0 spiro atoms. The first-order valence-corrected chi connectivity index (χ1v) is 7.04. The van der Waals surface area contributed by atoms with E-state index < -0.39 is 5.97 Å². The number of aromatic carboxylic acids is 1. The Morgan fingerprint density at radius 1 is 1.45 bits per heavy atom. The number of aromatic nitrogens is 1. The lowest BCUT2D eigenvalue weighted by molar-refractivity contribution is 0.0696. The van der Waals surface area contributed by atoms with E-state index in [1.165, 1.54) is 31.2 Å². The lowest BCUT2D eigenvalue weighted by Gasteiger charge is -2.26. The molecule has 0 radical (unpaired) electrons. The van der Waals surface area contributed by atoms with Crippen molar-refractivity contribution in [2.45, 2.75) is 32.6 Å². The van der Waals surface area contributed by atoms with Crippen molar-refractivity contribution in [1.82, 2.24) is 10.3 Å². The lowest BCUT2D eigenvalue weighted by Crippen LogP contribution is -2.32. The Kier molecular flexibility index (Phi) is 4.71. The molecule has 2 rings (SSSR count). The smallest absolute Gasteiger partial charge is 0.335 e. The van der Waals surface area contributed by atoms with Crippen LogP contribution in [0.5, 0.6) is 0 Å². The molecule has 1 aromatic heterocycles. The van der Waals surface area contributed by atoms with Gasteiger partial charge in [-0.15, -0.1) is 0 Å². The largest absolute Gasteiger partial charge is 0.478 e. The summed E-state index contributed by atoms with van der Waals surface area (Å²) in [5, 5.41) is 11.8. The quantitative estimate of drug-likeness (QED) is 0.884. The normalized spacial score (nSPS) is 22.2. The van der Waals surface area contributed by atoms with Crippen LogP contribution in [0.4, 0.5) is 0 Å². The standard InChI is InChI=1S/C15H20N2O3/c1-10-3-2-4-11(7-10)9-17-14(18)13-8-12(15(19)20)5-6-16-13/h5-6,8,10-11H,2-4,7,9H2,1H3,(H,17,18)(H,19,20). The Hall–Kier alpha value is -1.91. The minimum atomic E-state index is -1.05. The van der Waals surface area contributed by atoms with Gasteiger partial charge < -0.3 is 10.4 Å². The molecule has 0 aromatic carbocycles. The average Bonchev–Trinajstić information content (AvgIpc) is 2.45. The van der Waals surface area contributed by atoms with Crippen LogP contribution in [-0.2, 0) is 0 Å². The van der Waals surface area contributed by atoms with Gasteiger partial charge in [-0.3, -0.25) is 9.78 Å². The molecule has 0 bridgehead atoms. The molecular formula is C15H20N2O3. The second kappa shape index (κ2) is 6.50. The fourth-order valence-electron chi connectivity index (χ4n) is 2.76. The van der Waals surface area contributed by atoms with Gasteiger partial charge in [-0.25, -0.2) is 4.79 Å². The predicted octanol–water partition coefficient (Wildman–Crippen LogP) is 2.34. The Morgan fingerprint density at radius 3 is 2.95 bits per heavy atom. The molecule has 1 aliphatic rings. The van der Waals surface area contributed by atoms with E-state index in [0.29, 0.717) is 12.5 Å². The number of hydrogen-bond acceptors (Lipinski definition) is 3. The first-order chi connectivity index (χ1) is 9.56. The molecule has 2 atom stereocenters. The zero-order chi connectivity index (χ0) is 14.5. The molecule has 0 saturated heterocycles. The number of carboxylic acid groups (broad SMARTS) is 1. The number of carbonyl (C=O) groups excluding carboxylic acids is 1. The van der Waals surface area contributed by atoms with Crippen LogP contribution >= 0.6 is 0 Å². The maximum atomic E-state index is 12.0. The van der Waals surface area contributed by atoms with E-state index in [4.69, 9.17) is 5.11 Å². The highest BCUT2D eigenvalue weighted by atomic mass is 16.4. The van der Waals surface area contributed by atoms with Gasteiger partial charge in [-0.2, -0.15) is 0 Å².